The number of hydrogen-bond acceptors (Lipinski definition) is 3. The molecule has 0 aliphatic heterocycles. The first-order valence-corrected chi connectivity index (χ1v) is 7.61. The molecule has 114 valence electrons. The minimum Gasteiger partial charge on any atom is -0.487 e. The Bertz CT molecular complexity index is 640. The van der Waals surface area contributed by atoms with E-state index in [2.05, 4.69) is 21.0 Å². The van der Waals surface area contributed by atoms with Crippen LogP contribution in [0, 0.1) is 5.82 Å². The smallest absolute Gasteiger partial charge is 0.131 e. The Hall–Kier alpha value is -1.40. The van der Waals surface area contributed by atoms with Gasteiger partial charge in [-0.05, 0) is 35.3 Å². The molecule has 0 fully saturated rings. The van der Waals surface area contributed by atoms with Crippen LogP contribution in [0.25, 0.3) is 0 Å². The van der Waals surface area contributed by atoms with Crippen molar-refractivity contribution in [3.8, 4) is 5.75 Å². The van der Waals surface area contributed by atoms with E-state index in [0.717, 1.165) is 27.8 Å². The molecule has 6 heteroatoms. The van der Waals surface area contributed by atoms with Crippen molar-refractivity contribution < 1.29 is 9.13 Å². The van der Waals surface area contributed by atoms with Gasteiger partial charge in [0.25, 0.3) is 0 Å². The van der Waals surface area contributed by atoms with Crippen molar-refractivity contribution in [2.45, 2.75) is 32.9 Å². The molecule has 0 saturated carbocycles. The van der Waals surface area contributed by atoms with Crippen LogP contribution in [0.1, 0.15) is 36.8 Å². The van der Waals surface area contributed by atoms with Crippen molar-refractivity contribution in [2.75, 3.05) is 0 Å². The lowest BCUT2D eigenvalue weighted by atomic mass is 10.1. The number of halogens is 2. The molecule has 1 aromatic carbocycles. The summed E-state index contributed by atoms with van der Waals surface area (Å²) in [4.78, 5) is 0. The maximum absolute atomic E-state index is 13.4. The highest BCUT2D eigenvalue weighted by Gasteiger charge is 2.15. The predicted molar refractivity (Wildman–Crippen MR) is 83.6 cm³/mol. The molecule has 0 saturated heterocycles. The van der Waals surface area contributed by atoms with Crippen LogP contribution in [0.2, 0.25) is 0 Å². The van der Waals surface area contributed by atoms with Gasteiger partial charge in [0.2, 0.25) is 0 Å². The van der Waals surface area contributed by atoms with E-state index in [9.17, 15) is 4.39 Å². The van der Waals surface area contributed by atoms with Crippen LogP contribution in [0.4, 0.5) is 4.39 Å². The molecule has 2 rings (SSSR count). The zero-order valence-electron chi connectivity index (χ0n) is 12.4. The first-order valence-electron chi connectivity index (χ1n) is 6.82. The molecule has 2 N–H and O–H groups in total. The van der Waals surface area contributed by atoms with E-state index in [1.54, 1.807) is 10.7 Å². The minimum atomic E-state index is -0.340. The quantitative estimate of drug-likeness (QED) is 0.892. The van der Waals surface area contributed by atoms with E-state index in [1.807, 2.05) is 20.9 Å². The number of benzene rings is 1. The highest BCUT2D eigenvalue weighted by Crippen LogP contribution is 2.28. The third kappa shape index (κ3) is 3.44. The number of hydrogen-bond donors (Lipinski definition) is 1. The zero-order valence-corrected chi connectivity index (χ0v) is 13.9. The lowest BCUT2D eigenvalue weighted by Crippen LogP contribution is -2.10. The summed E-state index contributed by atoms with van der Waals surface area (Å²) in [5.41, 5.74) is 8.56. The average molecular weight is 356 g/mol. The van der Waals surface area contributed by atoms with E-state index in [1.165, 1.54) is 12.1 Å². The van der Waals surface area contributed by atoms with Crippen molar-refractivity contribution in [3.63, 3.8) is 0 Å². The largest absolute Gasteiger partial charge is 0.487 e. The van der Waals surface area contributed by atoms with Crippen LogP contribution < -0.4 is 10.5 Å². The molecule has 0 amide bonds. The van der Waals surface area contributed by atoms with Crippen LogP contribution in [-0.2, 0) is 20.1 Å². The number of nitrogens with two attached hydrogens (primary N) is 1. The first kappa shape index (κ1) is 16.0. The van der Waals surface area contributed by atoms with Crippen molar-refractivity contribution in [2.24, 2.45) is 12.8 Å². The second-order valence-corrected chi connectivity index (χ2v) is 5.74. The van der Waals surface area contributed by atoms with Gasteiger partial charge in [-0.25, -0.2) is 4.39 Å². The van der Waals surface area contributed by atoms with Gasteiger partial charge in [0, 0.05) is 24.7 Å². The Morgan fingerprint density at radius 2 is 2.19 bits per heavy atom. The summed E-state index contributed by atoms with van der Waals surface area (Å²) in [6, 6.07) is 4.19. The van der Waals surface area contributed by atoms with Gasteiger partial charge in [-0.1, -0.05) is 13.0 Å². The number of rotatable bonds is 5. The summed E-state index contributed by atoms with van der Waals surface area (Å²) < 4.78 is 21.9. The first-order chi connectivity index (χ1) is 9.93. The highest BCUT2D eigenvalue weighted by atomic mass is 79.9. The molecule has 1 heterocycles. The SMILES string of the molecule is CCc1nn(C)c(COc2cc(F)ccc2[C@@H](C)N)c1Br. The van der Waals surface area contributed by atoms with Crippen LogP contribution in [0.3, 0.4) is 0 Å². The predicted octanol–water partition coefficient (Wildman–Crippen LogP) is 3.48. The lowest BCUT2D eigenvalue weighted by Gasteiger charge is -2.14. The molecule has 1 aromatic heterocycles. The van der Waals surface area contributed by atoms with Gasteiger partial charge in [-0.2, -0.15) is 5.10 Å². The molecule has 0 unspecified atom stereocenters. The third-order valence-electron chi connectivity index (χ3n) is 3.33. The highest BCUT2D eigenvalue weighted by molar-refractivity contribution is 9.10. The summed E-state index contributed by atoms with van der Waals surface area (Å²) in [7, 11) is 1.86. The van der Waals surface area contributed by atoms with E-state index in [-0.39, 0.29) is 11.9 Å². The van der Waals surface area contributed by atoms with Gasteiger partial charge in [-0.15, -0.1) is 0 Å². The molecule has 0 aliphatic carbocycles. The zero-order chi connectivity index (χ0) is 15.6. The molecule has 2 aromatic rings. The molecular weight excluding hydrogens is 337 g/mol. The van der Waals surface area contributed by atoms with E-state index in [0.29, 0.717) is 12.4 Å². The van der Waals surface area contributed by atoms with Crippen molar-refractivity contribution in [3.05, 3.63) is 45.4 Å². The molecule has 1 atom stereocenters. The lowest BCUT2D eigenvalue weighted by molar-refractivity contribution is 0.288. The van der Waals surface area contributed by atoms with Gasteiger partial charge in [0.15, 0.2) is 0 Å². The fourth-order valence-corrected chi connectivity index (χ4v) is 2.86. The van der Waals surface area contributed by atoms with E-state index >= 15 is 0 Å². The molecule has 0 radical (unpaired) electrons. The maximum Gasteiger partial charge on any atom is 0.131 e. The van der Waals surface area contributed by atoms with E-state index in [4.69, 9.17) is 10.5 Å². The van der Waals surface area contributed by atoms with Crippen LogP contribution >= 0.6 is 15.9 Å². The van der Waals surface area contributed by atoms with Crippen LogP contribution in [-0.4, -0.2) is 9.78 Å². The summed E-state index contributed by atoms with van der Waals surface area (Å²) >= 11 is 3.54. The van der Waals surface area contributed by atoms with Crippen LogP contribution in [0.15, 0.2) is 22.7 Å². The van der Waals surface area contributed by atoms with Gasteiger partial charge in [0.1, 0.15) is 18.2 Å². The van der Waals surface area contributed by atoms with Gasteiger partial charge >= 0.3 is 0 Å². The van der Waals surface area contributed by atoms with Gasteiger partial charge in [0.05, 0.1) is 15.9 Å². The summed E-state index contributed by atoms with van der Waals surface area (Å²) in [5, 5.41) is 4.41. The summed E-state index contributed by atoms with van der Waals surface area (Å²) in [6.45, 7) is 4.18. The standard InChI is InChI=1S/C15H19BrFN3O/c1-4-12-15(16)13(20(3)19-12)8-21-14-7-10(17)5-6-11(14)9(2)18/h5-7,9H,4,8,18H2,1-3H3/t9-/m1/s1. The minimum absolute atomic E-state index is 0.221. The van der Waals surface area contributed by atoms with Gasteiger partial charge in [-0.3, -0.25) is 4.68 Å². The molecule has 0 aliphatic rings. The summed E-state index contributed by atoms with van der Waals surface area (Å²) in [5.74, 6) is 0.129. The Morgan fingerprint density at radius 1 is 1.48 bits per heavy atom. The third-order valence-corrected chi connectivity index (χ3v) is 4.25. The topological polar surface area (TPSA) is 53.1 Å². The fraction of sp³-hybridized carbons (Fsp3) is 0.400. The Morgan fingerprint density at radius 3 is 2.76 bits per heavy atom. The molecule has 21 heavy (non-hydrogen) atoms. The van der Waals surface area contributed by atoms with Crippen molar-refractivity contribution >= 4 is 15.9 Å². The monoisotopic (exact) mass is 355 g/mol. The normalized spacial score (nSPS) is 12.5. The maximum atomic E-state index is 13.4. The summed E-state index contributed by atoms with van der Waals surface area (Å²) in [6.07, 6.45) is 0.833. The number of ether oxygens (including phenoxy) is 1. The number of nitrogens with zero attached hydrogens (tertiary/aromatic N) is 2. The second-order valence-electron chi connectivity index (χ2n) is 4.94. The molecular formula is C15H19BrFN3O. The second kappa shape index (κ2) is 6.58. The van der Waals surface area contributed by atoms with E-state index < -0.39 is 0 Å². The number of aromatic nitrogens is 2. The Balaban J connectivity index is 2.24. The van der Waals surface area contributed by atoms with Crippen molar-refractivity contribution in [1.82, 2.24) is 9.78 Å². The van der Waals surface area contributed by atoms with Crippen LogP contribution in [0.5, 0.6) is 5.75 Å². The fourth-order valence-electron chi connectivity index (χ4n) is 2.13. The van der Waals surface area contributed by atoms with Crippen molar-refractivity contribution in [1.29, 1.82) is 0 Å². The number of aryl methyl sites for hydroxylation is 2. The van der Waals surface area contributed by atoms with Gasteiger partial charge < -0.3 is 10.5 Å². The Labute approximate surface area is 132 Å². The molecule has 0 spiro atoms. The molecule has 0 bridgehead atoms. The molecule has 4 nitrogen and oxygen atoms in total. The Kier molecular flexibility index (Phi) is 5.00. The average Bonchev–Trinajstić information content (AvgIpc) is 2.71.